The lowest BCUT2D eigenvalue weighted by Crippen LogP contribution is -2.39. The van der Waals surface area contributed by atoms with Crippen molar-refractivity contribution in [3.63, 3.8) is 0 Å². The first-order valence-corrected chi connectivity index (χ1v) is 8.60. The standard InChI is InChI=1S/C15H24N2O2S/c1-11-4-6-13(7-5-11)17(3)20(18,19)14-8-9-15(16)12(2)10-14/h8-11,13H,4-7,16H2,1-3H3. The second-order valence-corrected chi connectivity index (χ2v) is 7.95. The van der Waals surface area contributed by atoms with Gasteiger partial charge in [-0.3, -0.25) is 0 Å². The van der Waals surface area contributed by atoms with E-state index in [1.165, 1.54) is 0 Å². The van der Waals surface area contributed by atoms with Gasteiger partial charge in [-0.05, 0) is 62.3 Å². The van der Waals surface area contributed by atoms with Crippen LogP contribution in [0.3, 0.4) is 0 Å². The molecule has 0 spiro atoms. The molecule has 0 unspecified atom stereocenters. The third kappa shape index (κ3) is 2.99. The number of nitrogens with two attached hydrogens (primary N) is 1. The highest BCUT2D eigenvalue weighted by atomic mass is 32.2. The van der Waals surface area contributed by atoms with Crippen LogP contribution in [0, 0.1) is 12.8 Å². The molecule has 0 radical (unpaired) electrons. The second-order valence-electron chi connectivity index (χ2n) is 5.95. The Kier molecular flexibility index (Phi) is 4.39. The zero-order valence-electron chi connectivity index (χ0n) is 12.5. The van der Waals surface area contributed by atoms with Gasteiger partial charge in [0.2, 0.25) is 10.0 Å². The quantitative estimate of drug-likeness (QED) is 0.872. The molecule has 112 valence electrons. The first kappa shape index (κ1) is 15.3. The lowest BCUT2D eigenvalue weighted by atomic mass is 9.87. The van der Waals surface area contributed by atoms with E-state index in [0.29, 0.717) is 16.5 Å². The van der Waals surface area contributed by atoms with Gasteiger partial charge in [0.25, 0.3) is 0 Å². The summed E-state index contributed by atoms with van der Waals surface area (Å²) >= 11 is 0. The summed E-state index contributed by atoms with van der Waals surface area (Å²) in [6.45, 7) is 4.06. The number of sulfonamides is 1. The van der Waals surface area contributed by atoms with E-state index in [1.54, 1.807) is 29.6 Å². The average molecular weight is 296 g/mol. The lowest BCUT2D eigenvalue weighted by Gasteiger charge is -2.32. The Morgan fingerprint density at radius 2 is 1.80 bits per heavy atom. The van der Waals surface area contributed by atoms with Gasteiger partial charge < -0.3 is 5.73 Å². The Hall–Kier alpha value is -1.07. The van der Waals surface area contributed by atoms with Crippen molar-refractivity contribution in [2.75, 3.05) is 12.8 Å². The van der Waals surface area contributed by atoms with Crippen LogP contribution in [0.25, 0.3) is 0 Å². The molecule has 2 N–H and O–H groups in total. The van der Waals surface area contributed by atoms with Crippen LogP contribution >= 0.6 is 0 Å². The van der Waals surface area contributed by atoms with E-state index < -0.39 is 10.0 Å². The van der Waals surface area contributed by atoms with E-state index in [2.05, 4.69) is 6.92 Å². The molecule has 0 saturated heterocycles. The Morgan fingerprint density at radius 1 is 1.20 bits per heavy atom. The van der Waals surface area contributed by atoms with E-state index in [9.17, 15) is 8.42 Å². The maximum Gasteiger partial charge on any atom is 0.243 e. The minimum atomic E-state index is -3.42. The summed E-state index contributed by atoms with van der Waals surface area (Å²) in [6, 6.07) is 5.04. The minimum absolute atomic E-state index is 0.119. The number of hydrogen-bond acceptors (Lipinski definition) is 3. The summed E-state index contributed by atoms with van der Waals surface area (Å²) in [5, 5.41) is 0. The van der Waals surface area contributed by atoms with E-state index in [4.69, 9.17) is 5.73 Å². The number of nitrogens with zero attached hydrogens (tertiary/aromatic N) is 1. The molecule has 1 aromatic rings. The van der Waals surface area contributed by atoms with Crippen molar-refractivity contribution in [2.24, 2.45) is 5.92 Å². The van der Waals surface area contributed by atoms with Gasteiger partial charge in [-0.15, -0.1) is 0 Å². The van der Waals surface area contributed by atoms with Gasteiger partial charge in [0.15, 0.2) is 0 Å². The highest BCUT2D eigenvalue weighted by Crippen LogP contribution is 2.30. The van der Waals surface area contributed by atoms with Crippen molar-refractivity contribution in [1.82, 2.24) is 4.31 Å². The molecule has 2 rings (SSSR count). The van der Waals surface area contributed by atoms with Crippen LogP contribution < -0.4 is 5.73 Å². The molecule has 0 bridgehead atoms. The summed E-state index contributed by atoms with van der Waals surface area (Å²) in [7, 11) is -1.72. The Morgan fingerprint density at radius 3 is 2.35 bits per heavy atom. The van der Waals surface area contributed by atoms with Gasteiger partial charge in [-0.2, -0.15) is 4.31 Å². The van der Waals surface area contributed by atoms with Gasteiger partial charge in [0, 0.05) is 18.8 Å². The molecule has 0 aromatic heterocycles. The number of benzene rings is 1. The number of hydrogen-bond donors (Lipinski definition) is 1. The molecule has 0 aliphatic heterocycles. The molecule has 5 heteroatoms. The van der Waals surface area contributed by atoms with Crippen LogP contribution in [0.5, 0.6) is 0 Å². The Bertz CT molecular complexity index is 576. The topological polar surface area (TPSA) is 63.4 Å². The average Bonchev–Trinajstić information content (AvgIpc) is 2.41. The summed E-state index contributed by atoms with van der Waals surface area (Å²) < 4.78 is 26.9. The summed E-state index contributed by atoms with van der Waals surface area (Å²) in [5.41, 5.74) is 7.18. The molecule has 0 heterocycles. The number of aryl methyl sites for hydroxylation is 1. The summed E-state index contributed by atoms with van der Waals surface area (Å²) in [4.78, 5) is 0.338. The molecule has 4 nitrogen and oxygen atoms in total. The number of nitrogen functional groups attached to an aromatic ring is 1. The zero-order chi connectivity index (χ0) is 14.9. The van der Waals surface area contributed by atoms with Gasteiger partial charge in [0.05, 0.1) is 4.90 Å². The van der Waals surface area contributed by atoms with Gasteiger partial charge in [-0.1, -0.05) is 6.92 Å². The Labute approximate surface area is 122 Å². The molecule has 1 aliphatic carbocycles. The summed E-state index contributed by atoms with van der Waals surface area (Å²) in [6.07, 6.45) is 4.10. The third-order valence-corrected chi connectivity index (χ3v) is 6.32. The SMILES string of the molecule is Cc1cc(S(=O)(=O)N(C)C2CCC(C)CC2)ccc1N. The summed E-state index contributed by atoms with van der Waals surface area (Å²) in [5.74, 6) is 0.709. The smallest absolute Gasteiger partial charge is 0.243 e. The fraction of sp³-hybridized carbons (Fsp3) is 0.600. The van der Waals surface area contributed by atoms with Crippen molar-refractivity contribution in [1.29, 1.82) is 0 Å². The largest absolute Gasteiger partial charge is 0.399 e. The molecule has 0 amide bonds. The monoisotopic (exact) mass is 296 g/mol. The third-order valence-electron chi connectivity index (χ3n) is 4.42. The van der Waals surface area contributed by atoms with E-state index in [1.807, 2.05) is 6.92 Å². The van der Waals surface area contributed by atoms with E-state index in [-0.39, 0.29) is 6.04 Å². The van der Waals surface area contributed by atoms with Gasteiger partial charge >= 0.3 is 0 Å². The van der Waals surface area contributed by atoms with E-state index >= 15 is 0 Å². The van der Waals surface area contributed by atoms with Crippen LogP contribution in [0.15, 0.2) is 23.1 Å². The van der Waals surface area contributed by atoms with Crippen molar-refractivity contribution >= 4 is 15.7 Å². The molecule has 1 aromatic carbocycles. The van der Waals surface area contributed by atoms with Crippen LogP contribution in [-0.4, -0.2) is 25.8 Å². The van der Waals surface area contributed by atoms with Crippen molar-refractivity contribution in [2.45, 2.75) is 50.5 Å². The van der Waals surface area contributed by atoms with Crippen LogP contribution in [-0.2, 0) is 10.0 Å². The maximum atomic E-state index is 12.7. The van der Waals surface area contributed by atoms with Gasteiger partial charge in [-0.25, -0.2) is 8.42 Å². The number of anilines is 1. The fourth-order valence-electron chi connectivity index (χ4n) is 2.78. The highest BCUT2D eigenvalue weighted by Gasteiger charge is 2.30. The Balaban J connectivity index is 2.23. The van der Waals surface area contributed by atoms with Crippen molar-refractivity contribution in [3.05, 3.63) is 23.8 Å². The van der Waals surface area contributed by atoms with Crippen LogP contribution in [0.4, 0.5) is 5.69 Å². The molecule has 1 aliphatic rings. The molecule has 1 fully saturated rings. The molecular formula is C15H24N2O2S. The first-order chi connectivity index (χ1) is 9.32. The second kappa shape index (κ2) is 5.74. The number of rotatable bonds is 3. The van der Waals surface area contributed by atoms with Gasteiger partial charge in [0.1, 0.15) is 0 Å². The highest BCUT2D eigenvalue weighted by molar-refractivity contribution is 7.89. The molecule has 1 saturated carbocycles. The lowest BCUT2D eigenvalue weighted by molar-refractivity contribution is 0.246. The first-order valence-electron chi connectivity index (χ1n) is 7.16. The molecule has 0 atom stereocenters. The minimum Gasteiger partial charge on any atom is -0.399 e. The fourth-order valence-corrected chi connectivity index (χ4v) is 4.28. The van der Waals surface area contributed by atoms with Crippen molar-refractivity contribution < 1.29 is 8.42 Å². The van der Waals surface area contributed by atoms with E-state index in [0.717, 1.165) is 31.2 Å². The van der Waals surface area contributed by atoms with Crippen LogP contribution in [0.2, 0.25) is 0 Å². The zero-order valence-corrected chi connectivity index (χ0v) is 13.3. The normalized spacial score (nSPS) is 24.0. The predicted molar refractivity (Wildman–Crippen MR) is 82.0 cm³/mol. The molecular weight excluding hydrogens is 272 g/mol. The predicted octanol–water partition coefficient (Wildman–Crippen LogP) is 2.78. The molecule has 20 heavy (non-hydrogen) atoms. The van der Waals surface area contributed by atoms with Crippen molar-refractivity contribution in [3.8, 4) is 0 Å². The maximum absolute atomic E-state index is 12.7. The van der Waals surface area contributed by atoms with Crippen LogP contribution in [0.1, 0.15) is 38.2 Å².